The van der Waals surface area contributed by atoms with Crippen molar-refractivity contribution in [3.8, 4) is 0 Å². The van der Waals surface area contributed by atoms with Crippen molar-refractivity contribution in [1.82, 2.24) is 0 Å². The van der Waals surface area contributed by atoms with Gasteiger partial charge in [-0.15, -0.1) is 0 Å². The maximum Gasteiger partial charge on any atom is 0.226 e. The number of halogens is 1. The van der Waals surface area contributed by atoms with E-state index < -0.39 is 10.8 Å². The molecular weight excluding hydrogens is 298 g/mol. The van der Waals surface area contributed by atoms with Crippen LogP contribution in [0.3, 0.4) is 0 Å². The molecule has 1 unspecified atom stereocenters. The highest BCUT2D eigenvalue weighted by Gasteiger charge is 2.07. The zero-order chi connectivity index (χ0) is 15.1. The van der Waals surface area contributed by atoms with Crippen molar-refractivity contribution in [2.75, 3.05) is 18.2 Å². The van der Waals surface area contributed by atoms with E-state index in [1.54, 1.807) is 24.5 Å². The van der Waals surface area contributed by atoms with Crippen LogP contribution in [0.5, 0.6) is 0 Å². The van der Waals surface area contributed by atoms with Gasteiger partial charge in [-0.25, -0.2) is 0 Å². The summed E-state index contributed by atoms with van der Waals surface area (Å²) >= 11 is 6.03. The van der Waals surface area contributed by atoms with E-state index in [1.807, 2.05) is 13.8 Å². The molecule has 112 valence electrons. The van der Waals surface area contributed by atoms with Gasteiger partial charge in [-0.1, -0.05) is 11.6 Å². The van der Waals surface area contributed by atoms with E-state index in [-0.39, 0.29) is 12.0 Å². The van der Waals surface area contributed by atoms with E-state index in [0.717, 1.165) is 5.56 Å². The number of hydrogen-bond acceptors (Lipinski definition) is 3. The molecule has 0 fully saturated rings. The molecule has 4 nitrogen and oxygen atoms in total. The largest absolute Gasteiger partial charge is 0.378 e. The predicted molar refractivity (Wildman–Crippen MR) is 83.6 cm³/mol. The van der Waals surface area contributed by atoms with Gasteiger partial charge in [0.05, 0.1) is 19.1 Å². The van der Waals surface area contributed by atoms with E-state index >= 15 is 0 Å². The lowest BCUT2D eigenvalue weighted by molar-refractivity contribution is -0.117. The van der Waals surface area contributed by atoms with Crippen LogP contribution in [0.15, 0.2) is 18.2 Å². The molecular formula is C14H20ClNO3S. The highest BCUT2D eigenvalue weighted by atomic mass is 35.5. The zero-order valence-corrected chi connectivity index (χ0v) is 13.5. The molecule has 0 heterocycles. The van der Waals surface area contributed by atoms with Gasteiger partial charge >= 0.3 is 0 Å². The van der Waals surface area contributed by atoms with E-state index in [2.05, 4.69) is 5.32 Å². The van der Waals surface area contributed by atoms with Crippen LogP contribution in [0.1, 0.15) is 25.8 Å². The number of nitrogens with one attached hydrogen (secondary N) is 1. The van der Waals surface area contributed by atoms with Crippen molar-refractivity contribution in [3.63, 3.8) is 0 Å². The minimum atomic E-state index is -0.975. The molecule has 0 saturated heterocycles. The van der Waals surface area contributed by atoms with Gasteiger partial charge in [0, 0.05) is 33.5 Å². The summed E-state index contributed by atoms with van der Waals surface area (Å²) in [4.78, 5) is 11.7. The fourth-order valence-corrected chi connectivity index (χ4v) is 2.53. The van der Waals surface area contributed by atoms with Crippen LogP contribution in [0, 0.1) is 0 Å². The second kappa shape index (κ2) is 8.39. The Kier molecular flexibility index (Phi) is 7.19. The van der Waals surface area contributed by atoms with Gasteiger partial charge in [0.2, 0.25) is 5.91 Å². The normalized spacial score (nSPS) is 12.4. The molecule has 0 aliphatic heterocycles. The quantitative estimate of drug-likeness (QED) is 0.841. The number of carbonyl (C=O) groups excluding carboxylic acids is 1. The van der Waals surface area contributed by atoms with Gasteiger partial charge in [0.1, 0.15) is 0 Å². The summed E-state index contributed by atoms with van der Waals surface area (Å²) in [6, 6.07) is 5.18. The van der Waals surface area contributed by atoms with Crippen LogP contribution in [0.4, 0.5) is 5.69 Å². The summed E-state index contributed by atoms with van der Waals surface area (Å²) in [5, 5.41) is 3.34. The number of amides is 1. The van der Waals surface area contributed by atoms with E-state index in [1.165, 1.54) is 0 Å². The van der Waals surface area contributed by atoms with Gasteiger partial charge < -0.3 is 10.1 Å². The van der Waals surface area contributed by atoms with Gasteiger partial charge in [0.25, 0.3) is 0 Å². The maximum atomic E-state index is 11.7. The molecule has 1 aromatic rings. The Morgan fingerprint density at radius 1 is 1.45 bits per heavy atom. The highest BCUT2D eigenvalue weighted by Crippen LogP contribution is 2.22. The molecule has 6 heteroatoms. The Hall–Kier alpha value is -0.910. The van der Waals surface area contributed by atoms with Crippen molar-refractivity contribution in [3.05, 3.63) is 28.8 Å². The summed E-state index contributed by atoms with van der Waals surface area (Å²) < 4.78 is 16.6. The molecule has 1 atom stereocenters. The third-order valence-corrected chi connectivity index (χ3v) is 3.55. The Labute approximate surface area is 127 Å². The van der Waals surface area contributed by atoms with E-state index in [4.69, 9.17) is 16.3 Å². The highest BCUT2D eigenvalue weighted by molar-refractivity contribution is 7.83. The third kappa shape index (κ3) is 6.50. The van der Waals surface area contributed by atoms with Crippen LogP contribution >= 0.6 is 11.6 Å². The average molecular weight is 318 g/mol. The van der Waals surface area contributed by atoms with Crippen LogP contribution in [-0.4, -0.2) is 29.1 Å². The number of benzene rings is 1. The topological polar surface area (TPSA) is 55.4 Å². The molecule has 0 spiro atoms. The van der Waals surface area contributed by atoms with Gasteiger partial charge in [0.15, 0.2) is 0 Å². The molecule has 0 aromatic heterocycles. The van der Waals surface area contributed by atoms with Crippen molar-refractivity contribution in [2.24, 2.45) is 0 Å². The number of anilines is 1. The molecule has 1 amide bonds. The van der Waals surface area contributed by atoms with Gasteiger partial charge in [-0.3, -0.25) is 9.00 Å². The maximum absolute atomic E-state index is 11.7. The molecule has 1 N–H and O–H groups in total. The molecule has 1 rings (SSSR count). The van der Waals surface area contributed by atoms with Crippen LogP contribution in [0.2, 0.25) is 5.02 Å². The fourth-order valence-electron chi connectivity index (χ4n) is 1.59. The summed E-state index contributed by atoms with van der Waals surface area (Å²) in [5.74, 6) is 0.260. The molecule has 0 bridgehead atoms. The molecule has 0 aliphatic rings. The second-order valence-electron chi connectivity index (χ2n) is 4.74. The van der Waals surface area contributed by atoms with E-state index in [0.29, 0.717) is 29.5 Å². The minimum absolute atomic E-state index is 0.114. The Morgan fingerprint density at radius 2 is 2.15 bits per heavy atom. The molecule has 20 heavy (non-hydrogen) atoms. The first-order valence-corrected chi connectivity index (χ1v) is 8.49. The van der Waals surface area contributed by atoms with Crippen LogP contribution in [-0.2, 0) is 26.1 Å². The first-order valence-electron chi connectivity index (χ1n) is 6.38. The lowest BCUT2D eigenvalue weighted by Crippen LogP contribution is -2.16. The Balaban J connectivity index is 2.59. The zero-order valence-electron chi connectivity index (χ0n) is 11.9. The van der Waals surface area contributed by atoms with Crippen molar-refractivity contribution in [1.29, 1.82) is 0 Å². The first kappa shape index (κ1) is 17.1. The average Bonchev–Trinajstić information content (AvgIpc) is 2.32. The lowest BCUT2D eigenvalue weighted by Gasteiger charge is -2.10. The Morgan fingerprint density at radius 3 is 2.75 bits per heavy atom. The second-order valence-corrected chi connectivity index (χ2v) is 6.58. The van der Waals surface area contributed by atoms with Crippen LogP contribution < -0.4 is 5.32 Å². The van der Waals surface area contributed by atoms with Crippen LogP contribution in [0.25, 0.3) is 0 Å². The van der Waals surface area contributed by atoms with Crippen molar-refractivity contribution in [2.45, 2.75) is 32.1 Å². The molecule has 0 saturated carbocycles. The molecule has 0 aliphatic carbocycles. The summed E-state index contributed by atoms with van der Waals surface area (Å²) in [7, 11) is -0.975. The Bertz CT molecular complexity index is 491. The number of rotatable bonds is 7. The number of carbonyl (C=O) groups is 1. The summed E-state index contributed by atoms with van der Waals surface area (Å²) in [6.45, 7) is 4.24. The number of hydrogen-bond donors (Lipinski definition) is 1. The minimum Gasteiger partial charge on any atom is -0.378 e. The van der Waals surface area contributed by atoms with Crippen molar-refractivity contribution < 1.29 is 13.7 Å². The standard InChI is InChI=1S/C14H20ClNO3S/c1-10(2)19-7-6-14(17)16-12-4-5-13(15)11(8-12)9-20(3)18/h4-5,8,10H,6-7,9H2,1-3H3,(H,16,17). The van der Waals surface area contributed by atoms with Gasteiger partial charge in [-0.05, 0) is 37.6 Å². The summed E-state index contributed by atoms with van der Waals surface area (Å²) in [5.41, 5.74) is 1.42. The molecule has 0 radical (unpaired) electrons. The van der Waals surface area contributed by atoms with E-state index in [9.17, 15) is 9.00 Å². The van der Waals surface area contributed by atoms with Gasteiger partial charge in [-0.2, -0.15) is 0 Å². The molecule has 1 aromatic carbocycles. The van der Waals surface area contributed by atoms with Crippen molar-refractivity contribution >= 4 is 34.0 Å². The summed E-state index contributed by atoms with van der Waals surface area (Å²) in [6.07, 6.45) is 2.03. The lowest BCUT2D eigenvalue weighted by atomic mass is 10.2. The SMILES string of the molecule is CC(C)OCCC(=O)Nc1ccc(Cl)c(CS(C)=O)c1. The first-order chi connectivity index (χ1) is 9.38. The monoisotopic (exact) mass is 317 g/mol. The smallest absolute Gasteiger partial charge is 0.226 e. The third-order valence-electron chi connectivity index (χ3n) is 2.47. The predicted octanol–water partition coefficient (Wildman–Crippen LogP) is 2.97. The number of ether oxygens (including phenoxy) is 1. The fraction of sp³-hybridized carbons (Fsp3) is 0.500.